The van der Waals surface area contributed by atoms with Crippen LogP contribution in [0, 0.1) is 11.7 Å². The second kappa shape index (κ2) is 9.41. The van der Waals surface area contributed by atoms with E-state index in [1.54, 1.807) is 30.6 Å². The van der Waals surface area contributed by atoms with Gasteiger partial charge >= 0.3 is 0 Å². The van der Waals surface area contributed by atoms with E-state index < -0.39 is 0 Å². The molecule has 0 unspecified atom stereocenters. The molecule has 1 atom stereocenters. The number of rotatable bonds is 5. The highest BCUT2D eigenvalue weighted by molar-refractivity contribution is 5.93. The van der Waals surface area contributed by atoms with E-state index in [4.69, 9.17) is 0 Å². The summed E-state index contributed by atoms with van der Waals surface area (Å²) in [6.07, 6.45) is 11.0. The van der Waals surface area contributed by atoms with Crippen LogP contribution in [0.5, 0.6) is 0 Å². The van der Waals surface area contributed by atoms with Gasteiger partial charge in [-0.05, 0) is 49.9 Å². The number of carbonyl (C=O) groups is 1. The molecule has 1 aliphatic carbocycles. The average Bonchev–Trinajstić information content (AvgIpc) is 2.80. The fourth-order valence-corrected chi connectivity index (χ4v) is 4.61. The van der Waals surface area contributed by atoms with E-state index in [1.807, 2.05) is 11.9 Å². The third-order valence-corrected chi connectivity index (χ3v) is 6.34. The molecule has 2 aliphatic rings. The number of nitrogens with one attached hydrogen (secondary N) is 1. The number of hydrogen-bond donors (Lipinski definition) is 1. The van der Waals surface area contributed by atoms with Crippen molar-refractivity contribution in [1.82, 2.24) is 9.97 Å². The molecule has 2 heterocycles. The normalized spacial score (nSPS) is 20.1. The number of nitrogens with zero attached hydrogens (tertiary/aromatic N) is 4. The van der Waals surface area contributed by atoms with E-state index in [1.165, 1.54) is 25.3 Å². The van der Waals surface area contributed by atoms with Crippen LogP contribution in [0.2, 0.25) is 0 Å². The molecule has 2 fully saturated rings. The highest BCUT2D eigenvalue weighted by atomic mass is 19.1. The fraction of sp³-hybridized carbons (Fsp3) is 0.522. The monoisotopic (exact) mass is 411 g/mol. The summed E-state index contributed by atoms with van der Waals surface area (Å²) in [5.74, 6) is 0.110. The molecule has 7 heteroatoms. The number of benzene rings is 1. The lowest BCUT2D eigenvalue weighted by atomic mass is 9.94. The van der Waals surface area contributed by atoms with Crippen molar-refractivity contribution < 1.29 is 9.18 Å². The van der Waals surface area contributed by atoms with Gasteiger partial charge in [-0.2, -0.15) is 0 Å². The van der Waals surface area contributed by atoms with Crippen molar-refractivity contribution in [2.24, 2.45) is 5.92 Å². The van der Waals surface area contributed by atoms with E-state index in [-0.39, 0.29) is 17.6 Å². The molecular formula is C23H30FN5O. The molecule has 160 valence electrons. The highest BCUT2D eigenvalue weighted by Crippen LogP contribution is 2.29. The quantitative estimate of drug-likeness (QED) is 0.797. The maximum absolute atomic E-state index is 14.8. The molecule has 1 N–H and O–H groups in total. The highest BCUT2D eigenvalue weighted by Gasteiger charge is 2.27. The summed E-state index contributed by atoms with van der Waals surface area (Å²) in [7, 11) is 1.97. The lowest BCUT2D eigenvalue weighted by molar-refractivity contribution is -0.120. The number of aromatic nitrogens is 2. The number of piperidine rings is 1. The topological polar surface area (TPSA) is 61.4 Å². The molecular weight excluding hydrogens is 381 g/mol. The zero-order valence-electron chi connectivity index (χ0n) is 17.6. The van der Waals surface area contributed by atoms with Crippen LogP contribution >= 0.6 is 0 Å². The van der Waals surface area contributed by atoms with E-state index in [9.17, 15) is 9.18 Å². The van der Waals surface area contributed by atoms with Crippen LogP contribution in [0.15, 0.2) is 36.7 Å². The van der Waals surface area contributed by atoms with Gasteiger partial charge in [-0.1, -0.05) is 19.3 Å². The molecule has 1 aromatic heterocycles. The first-order chi connectivity index (χ1) is 14.6. The minimum absolute atomic E-state index is 0.0802. The van der Waals surface area contributed by atoms with Crippen LogP contribution in [0.3, 0.4) is 0 Å². The predicted molar refractivity (Wildman–Crippen MR) is 117 cm³/mol. The Balaban J connectivity index is 1.39. The van der Waals surface area contributed by atoms with Crippen LogP contribution in [-0.4, -0.2) is 42.1 Å². The molecule has 0 bridgehead atoms. The summed E-state index contributed by atoms with van der Waals surface area (Å²) in [6, 6.07) is 7.19. The van der Waals surface area contributed by atoms with Gasteiger partial charge in [-0.15, -0.1) is 0 Å². The summed E-state index contributed by atoms with van der Waals surface area (Å²) in [5.41, 5.74) is 1.11. The molecule has 30 heavy (non-hydrogen) atoms. The van der Waals surface area contributed by atoms with Crippen molar-refractivity contribution in [3.8, 4) is 0 Å². The molecule has 0 spiro atoms. The van der Waals surface area contributed by atoms with Crippen LogP contribution in [0.4, 0.5) is 21.7 Å². The summed E-state index contributed by atoms with van der Waals surface area (Å²) in [6.45, 7) is 1.41. The maximum Gasteiger partial charge on any atom is 0.229 e. The third-order valence-electron chi connectivity index (χ3n) is 6.34. The van der Waals surface area contributed by atoms with Crippen molar-refractivity contribution in [2.45, 2.75) is 51.0 Å². The summed E-state index contributed by atoms with van der Waals surface area (Å²) < 4.78 is 14.8. The maximum atomic E-state index is 14.8. The number of hydrogen-bond acceptors (Lipinski definition) is 5. The first kappa shape index (κ1) is 20.6. The van der Waals surface area contributed by atoms with Crippen LogP contribution in [-0.2, 0) is 4.79 Å². The Morgan fingerprint density at radius 3 is 2.63 bits per heavy atom. The molecule has 1 aromatic carbocycles. The largest absolute Gasteiger partial charge is 0.369 e. The van der Waals surface area contributed by atoms with Crippen LogP contribution in [0.1, 0.15) is 44.9 Å². The Morgan fingerprint density at radius 2 is 1.90 bits per heavy atom. The van der Waals surface area contributed by atoms with Gasteiger partial charge in [0.2, 0.25) is 11.9 Å². The van der Waals surface area contributed by atoms with E-state index >= 15 is 0 Å². The average molecular weight is 412 g/mol. The van der Waals surface area contributed by atoms with Gasteiger partial charge in [0.25, 0.3) is 0 Å². The number of carbonyl (C=O) groups excluding carboxylic acids is 1. The van der Waals surface area contributed by atoms with Gasteiger partial charge in [0, 0.05) is 44.3 Å². The van der Waals surface area contributed by atoms with Gasteiger partial charge in [0.15, 0.2) is 0 Å². The SMILES string of the molecule is CN(c1ccc(NC(=O)[C@@H]2CCCN(c3ncccn3)C2)cc1F)C1CCCCC1. The summed E-state index contributed by atoms with van der Waals surface area (Å²) in [4.78, 5) is 25.5. The number of halogens is 1. The minimum Gasteiger partial charge on any atom is -0.369 e. The van der Waals surface area contributed by atoms with Gasteiger partial charge in [0.05, 0.1) is 11.6 Å². The first-order valence-corrected chi connectivity index (χ1v) is 11.0. The smallest absolute Gasteiger partial charge is 0.229 e. The molecule has 2 aromatic rings. The zero-order valence-corrected chi connectivity index (χ0v) is 17.6. The molecule has 4 rings (SSSR count). The molecule has 6 nitrogen and oxygen atoms in total. The second-order valence-electron chi connectivity index (χ2n) is 8.39. The molecule has 1 saturated heterocycles. The lowest BCUT2D eigenvalue weighted by Gasteiger charge is -2.33. The Labute approximate surface area is 177 Å². The van der Waals surface area contributed by atoms with Crippen molar-refractivity contribution in [3.05, 3.63) is 42.5 Å². The second-order valence-corrected chi connectivity index (χ2v) is 8.39. The molecule has 0 radical (unpaired) electrons. The summed E-state index contributed by atoms with van der Waals surface area (Å²) in [5, 5.41) is 2.91. The van der Waals surface area contributed by atoms with Crippen molar-refractivity contribution in [2.75, 3.05) is 35.3 Å². The molecule has 1 amide bonds. The van der Waals surface area contributed by atoms with E-state index in [0.717, 1.165) is 32.2 Å². The lowest BCUT2D eigenvalue weighted by Crippen LogP contribution is -2.41. The number of amides is 1. The number of anilines is 3. The Kier molecular flexibility index (Phi) is 6.45. The predicted octanol–water partition coefficient (Wildman–Crippen LogP) is 4.24. The van der Waals surface area contributed by atoms with Gasteiger partial charge < -0.3 is 15.1 Å². The van der Waals surface area contributed by atoms with Crippen molar-refractivity contribution in [3.63, 3.8) is 0 Å². The van der Waals surface area contributed by atoms with Gasteiger partial charge in [-0.3, -0.25) is 4.79 Å². The first-order valence-electron chi connectivity index (χ1n) is 11.0. The van der Waals surface area contributed by atoms with Gasteiger partial charge in [-0.25, -0.2) is 14.4 Å². The fourth-order valence-electron chi connectivity index (χ4n) is 4.61. The van der Waals surface area contributed by atoms with Crippen molar-refractivity contribution in [1.29, 1.82) is 0 Å². The van der Waals surface area contributed by atoms with Crippen molar-refractivity contribution >= 4 is 23.2 Å². The van der Waals surface area contributed by atoms with Crippen LogP contribution < -0.4 is 15.1 Å². The Hall–Kier alpha value is -2.70. The standard InChI is InChI=1S/C23H30FN5O/c1-28(19-8-3-2-4-9-19)21-11-10-18(15-20(21)24)27-22(30)17-7-5-14-29(16-17)23-25-12-6-13-26-23/h6,10-13,15,17,19H,2-5,7-9,14,16H2,1H3,(H,27,30)/t17-/m1/s1. The van der Waals surface area contributed by atoms with E-state index in [0.29, 0.717) is 29.9 Å². The third kappa shape index (κ3) is 4.71. The van der Waals surface area contributed by atoms with Gasteiger partial charge in [0.1, 0.15) is 5.82 Å². The molecule has 1 aliphatic heterocycles. The zero-order chi connectivity index (χ0) is 20.9. The Morgan fingerprint density at radius 1 is 1.13 bits per heavy atom. The summed E-state index contributed by atoms with van der Waals surface area (Å²) >= 11 is 0. The minimum atomic E-state index is -0.288. The Bertz CT molecular complexity index is 856. The van der Waals surface area contributed by atoms with Crippen LogP contribution in [0.25, 0.3) is 0 Å². The molecule has 1 saturated carbocycles. The van der Waals surface area contributed by atoms with E-state index in [2.05, 4.69) is 20.2 Å².